The summed E-state index contributed by atoms with van der Waals surface area (Å²) in [7, 11) is 1.65. The molecule has 1 unspecified atom stereocenters. The van der Waals surface area contributed by atoms with Crippen LogP contribution in [0.1, 0.15) is 54.9 Å². The van der Waals surface area contributed by atoms with E-state index >= 15 is 0 Å². The van der Waals surface area contributed by atoms with Crippen molar-refractivity contribution in [2.45, 2.75) is 60.5 Å². The van der Waals surface area contributed by atoms with Gasteiger partial charge in [-0.2, -0.15) is 0 Å². The standard InChI is InChI=1S/C25H40O5/c1-9-29-22(26)13-11-10-12-20-16-21(23(2,3)4)18-25(17-20,24(5,6)7)30-19-28-15-14-27-8/h10-13,16,18H,9,14-15,17,19H2,1-8H3/b12-10+,13-11+. The fourth-order valence-corrected chi connectivity index (χ4v) is 3.08. The molecule has 30 heavy (non-hydrogen) atoms. The smallest absolute Gasteiger partial charge is 0.330 e. The van der Waals surface area contributed by atoms with E-state index in [0.717, 1.165) is 5.57 Å². The summed E-state index contributed by atoms with van der Waals surface area (Å²) in [5.41, 5.74) is 1.67. The zero-order chi connectivity index (χ0) is 22.8. The molecule has 0 amide bonds. The van der Waals surface area contributed by atoms with E-state index in [0.29, 0.717) is 26.2 Å². The van der Waals surface area contributed by atoms with Crippen LogP contribution in [-0.4, -0.2) is 45.3 Å². The van der Waals surface area contributed by atoms with Gasteiger partial charge in [-0.1, -0.05) is 65.8 Å². The zero-order valence-corrected chi connectivity index (χ0v) is 20.0. The van der Waals surface area contributed by atoms with Crippen molar-refractivity contribution >= 4 is 5.97 Å². The van der Waals surface area contributed by atoms with Crippen LogP contribution in [0.5, 0.6) is 0 Å². The molecule has 0 aromatic rings. The van der Waals surface area contributed by atoms with Crippen LogP contribution < -0.4 is 0 Å². The summed E-state index contributed by atoms with van der Waals surface area (Å²) in [6, 6.07) is 0. The van der Waals surface area contributed by atoms with E-state index in [4.69, 9.17) is 18.9 Å². The lowest BCUT2D eigenvalue weighted by molar-refractivity contribution is -0.164. The third-order valence-electron chi connectivity index (χ3n) is 5.10. The number of esters is 1. The number of hydrogen-bond acceptors (Lipinski definition) is 5. The van der Waals surface area contributed by atoms with Crippen LogP contribution in [-0.2, 0) is 23.7 Å². The van der Waals surface area contributed by atoms with Gasteiger partial charge in [0, 0.05) is 19.6 Å². The average Bonchev–Trinajstić information content (AvgIpc) is 2.63. The van der Waals surface area contributed by atoms with E-state index in [9.17, 15) is 4.79 Å². The first-order chi connectivity index (χ1) is 13.9. The van der Waals surface area contributed by atoms with Crippen LogP contribution in [0.2, 0.25) is 0 Å². The van der Waals surface area contributed by atoms with Gasteiger partial charge in [0.1, 0.15) is 6.79 Å². The van der Waals surface area contributed by atoms with Gasteiger partial charge in [0.2, 0.25) is 0 Å². The highest BCUT2D eigenvalue weighted by atomic mass is 16.7. The summed E-state index contributed by atoms with van der Waals surface area (Å²) >= 11 is 0. The number of carbonyl (C=O) groups is 1. The first kappa shape index (κ1) is 26.3. The Morgan fingerprint density at radius 3 is 2.40 bits per heavy atom. The van der Waals surface area contributed by atoms with Crippen LogP contribution in [0.15, 0.2) is 47.6 Å². The fraction of sp³-hybridized carbons (Fsp3) is 0.640. The van der Waals surface area contributed by atoms with Gasteiger partial charge >= 0.3 is 5.97 Å². The molecule has 170 valence electrons. The number of methoxy groups -OCH3 is 1. The molecular formula is C25H40O5. The van der Waals surface area contributed by atoms with Gasteiger partial charge < -0.3 is 18.9 Å². The molecule has 5 heteroatoms. The Kier molecular flexibility index (Phi) is 10.2. The lowest BCUT2D eigenvalue weighted by Gasteiger charge is -2.46. The summed E-state index contributed by atoms with van der Waals surface area (Å²) < 4.78 is 22.0. The quantitative estimate of drug-likeness (QED) is 0.156. The van der Waals surface area contributed by atoms with Crippen LogP contribution in [0.3, 0.4) is 0 Å². The summed E-state index contributed by atoms with van der Waals surface area (Å²) in [5.74, 6) is -0.337. The fourth-order valence-electron chi connectivity index (χ4n) is 3.08. The molecule has 1 aliphatic carbocycles. The first-order valence-electron chi connectivity index (χ1n) is 10.6. The maximum absolute atomic E-state index is 11.5. The van der Waals surface area contributed by atoms with E-state index in [1.54, 1.807) is 20.1 Å². The molecule has 0 heterocycles. The molecule has 1 atom stereocenters. The molecule has 0 aromatic carbocycles. The molecule has 1 rings (SSSR count). The lowest BCUT2D eigenvalue weighted by atomic mass is 9.67. The molecule has 0 fully saturated rings. The minimum atomic E-state index is -0.512. The molecule has 0 saturated heterocycles. The first-order valence-corrected chi connectivity index (χ1v) is 10.6. The lowest BCUT2D eigenvalue weighted by Crippen LogP contribution is -2.46. The Hall–Kier alpha value is -1.69. The molecule has 0 radical (unpaired) electrons. The Balaban J connectivity index is 3.13. The van der Waals surface area contributed by atoms with E-state index < -0.39 is 5.60 Å². The van der Waals surface area contributed by atoms with Gasteiger partial charge in [0.25, 0.3) is 0 Å². The second-order valence-electron chi connectivity index (χ2n) is 9.52. The molecule has 5 nitrogen and oxygen atoms in total. The summed E-state index contributed by atoms with van der Waals surface area (Å²) in [5, 5.41) is 0. The minimum absolute atomic E-state index is 0.0307. The normalized spacial score (nSPS) is 20.5. The highest BCUT2D eigenvalue weighted by molar-refractivity contribution is 5.82. The van der Waals surface area contributed by atoms with Crippen molar-refractivity contribution in [1.82, 2.24) is 0 Å². The van der Waals surface area contributed by atoms with Crippen molar-refractivity contribution in [1.29, 1.82) is 0 Å². The highest BCUT2D eigenvalue weighted by Gasteiger charge is 2.44. The van der Waals surface area contributed by atoms with E-state index in [1.807, 2.05) is 12.2 Å². The topological polar surface area (TPSA) is 54.0 Å². The largest absolute Gasteiger partial charge is 0.463 e. The second-order valence-corrected chi connectivity index (χ2v) is 9.52. The molecule has 0 spiro atoms. The Morgan fingerprint density at radius 2 is 1.83 bits per heavy atom. The van der Waals surface area contributed by atoms with Crippen molar-refractivity contribution in [3.63, 3.8) is 0 Å². The van der Waals surface area contributed by atoms with Crippen LogP contribution in [0, 0.1) is 10.8 Å². The van der Waals surface area contributed by atoms with Gasteiger partial charge in [-0.05, 0) is 35.0 Å². The summed E-state index contributed by atoms with van der Waals surface area (Å²) in [4.78, 5) is 11.5. The van der Waals surface area contributed by atoms with Crippen molar-refractivity contribution in [3.05, 3.63) is 47.6 Å². The van der Waals surface area contributed by atoms with Gasteiger partial charge in [0.05, 0.1) is 25.4 Å². The number of allylic oxidation sites excluding steroid dienone is 5. The van der Waals surface area contributed by atoms with Gasteiger partial charge in [-0.25, -0.2) is 4.79 Å². The number of hydrogen-bond donors (Lipinski definition) is 0. The molecule has 0 aromatic heterocycles. The predicted molar refractivity (Wildman–Crippen MR) is 121 cm³/mol. The van der Waals surface area contributed by atoms with Crippen molar-refractivity contribution in [2.75, 3.05) is 33.7 Å². The Labute approximate surface area is 182 Å². The van der Waals surface area contributed by atoms with Crippen LogP contribution >= 0.6 is 0 Å². The minimum Gasteiger partial charge on any atom is -0.463 e. The van der Waals surface area contributed by atoms with E-state index in [2.05, 4.69) is 53.7 Å². The summed E-state index contributed by atoms with van der Waals surface area (Å²) in [6.07, 6.45) is 12.2. The number of carbonyl (C=O) groups excluding carboxylic acids is 1. The van der Waals surface area contributed by atoms with Gasteiger partial charge in [-0.15, -0.1) is 0 Å². The third kappa shape index (κ3) is 8.21. The average molecular weight is 421 g/mol. The van der Waals surface area contributed by atoms with Crippen molar-refractivity contribution in [2.24, 2.45) is 10.8 Å². The second kappa shape index (κ2) is 11.6. The highest BCUT2D eigenvalue weighted by Crippen LogP contribution is 2.46. The van der Waals surface area contributed by atoms with Gasteiger partial charge in [-0.3, -0.25) is 0 Å². The zero-order valence-electron chi connectivity index (χ0n) is 20.0. The van der Waals surface area contributed by atoms with Crippen LogP contribution in [0.4, 0.5) is 0 Å². The Bertz CT molecular complexity index is 671. The molecule has 0 saturated carbocycles. The van der Waals surface area contributed by atoms with E-state index in [1.165, 1.54) is 11.6 Å². The maximum atomic E-state index is 11.5. The van der Waals surface area contributed by atoms with Crippen molar-refractivity contribution < 1.29 is 23.7 Å². The van der Waals surface area contributed by atoms with Gasteiger partial charge in [0.15, 0.2) is 0 Å². The molecule has 0 bridgehead atoms. The molecular weight excluding hydrogens is 380 g/mol. The molecule has 1 aliphatic rings. The molecule has 0 aliphatic heterocycles. The molecule has 0 N–H and O–H groups in total. The van der Waals surface area contributed by atoms with E-state index in [-0.39, 0.29) is 23.6 Å². The predicted octanol–water partition coefficient (Wildman–Crippen LogP) is 5.39. The van der Waals surface area contributed by atoms with Crippen LogP contribution in [0.25, 0.3) is 0 Å². The number of rotatable bonds is 10. The number of ether oxygens (including phenoxy) is 4. The Morgan fingerprint density at radius 1 is 1.13 bits per heavy atom. The maximum Gasteiger partial charge on any atom is 0.330 e. The van der Waals surface area contributed by atoms with Crippen molar-refractivity contribution in [3.8, 4) is 0 Å². The third-order valence-corrected chi connectivity index (χ3v) is 5.10. The monoisotopic (exact) mass is 420 g/mol. The summed E-state index contributed by atoms with van der Waals surface area (Å²) in [6.45, 7) is 16.6. The SMILES string of the molecule is CCOC(=O)/C=C/C=C/C1=CC(C(C)(C)C)=CC(OCOCCOC)(C(C)(C)C)C1.